The third kappa shape index (κ3) is 13.9. The molecule has 236 valence electrons. The molecule has 1 saturated heterocycles. The van der Waals surface area contributed by atoms with Crippen molar-refractivity contribution in [3.63, 3.8) is 0 Å². The molecule has 0 aromatic heterocycles. The number of nitriles is 4. The number of esters is 1. The van der Waals surface area contributed by atoms with Crippen LogP contribution in [0.1, 0.15) is 56.9 Å². The molecule has 0 unspecified atom stereocenters. The third-order valence-corrected chi connectivity index (χ3v) is 6.43. The summed E-state index contributed by atoms with van der Waals surface area (Å²) in [4.78, 5) is 25.1. The number of benzene rings is 1. The van der Waals surface area contributed by atoms with Crippen molar-refractivity contribution in [2.45, 2.75) is 88.6 Å². The van der Waals surface area contributed by atoms with E-state index in [2.05, 4.69) is 5.32 Å². The Kier molecular flexibility index (Phi) is 18.4. The van der Waals surface area contributed by atoms with Crippen LogP contribution in [0.4, 0.5) is 0 Å². The molecular weight excluding hydrogens is 570 g/mol. The van der Waals surface area contributed by atoms with E-state index in [1.807, 2.05) is 54.6 Å². The SMILES string of the molecule is N#CCCOC[C@H]1O[C@@H](NC(=O)CCCCC(=O)OCc2ccccc2)[C@H](OCCC#N)[C@@H](OCCC#N)[C@@H]1OCCC#N. The van der Waals surface area contributed by atoms with Crippen LogP contribution in [0.25, 0.3) is 0 Å². The third-order valence-electron chi connectivity index (χ3n) is 6.43. The molecule has 13 nitrogen and oxygen atoms in total. The predicted octanol–water partition coefficient (Wildman–Crippen LogP) is 2.96. The summed E-state index contributed by atoms with van der Waals surface area (Å²) in [6, 6.07) is 17.4. The summed E-state index contributed by atoms with van der Waals surface area (Å²) in [6.07, 6.45) is -2.82. The molecule has 1 aromatic rings. The van der Waals surface area contributed by atoms with Gasteiger partial charge in [0, 0.05) is 12.8 Å². The van der Waals surface area contributed by atoms with Crippen molar-refractivity contribution in [3.05, 3.63) is 35.9 Å². The summed E-state index contributed by atoms with van der Waals surface area (Å²) in [5.41, 5.74) is 0.889. The Balaban J connectivity index is 2.06. The minimum atomic E-state index is -1.02. The van der Waals surface area contributed by atoms with Crippen LogP contribution in [0, 0.1) is 45.3 Å². The zero-order valence-electron chi connectivity index (χ0n) is 24.7. The van der Waals surface area contributed by atoms with E-state index >= 15 is 0 Å². The van der Waals surface area contributed by atoms with Crippen molar-refractivity contribution < 1.29 is 38.0 Å². The number of hydrogen-bond donors (Lipinski definition) is 1. The highest BCUT2D eigenvalue weighted by Gasteiger charge is 2.48. The molecule has 1 fully saturated rings. The molecule has 1 heterocycles. The second-order valence-corrected chi connectivity index (χ2v) is 9.73. The van der Waals surface area contributed by atoms with Crippen molar-refractivity contribution >= 4 is 11.9 Å². The number of nitrogens with one attached hydrogen (secondary N) is 1. The van der Waals surface area contributed by atoms with Gasteiger partial charge >= 0.3 is 5.97 Å². The maximum atomic E-state index is 13.0. The summed E-state index contributed by atoms with van der Waals surface area (Å²) in [5, 5.41) is 38.8. The zero-order chi connectivity index (χ0) is 31.8. The molecule has 1 N–H and O–H groups in total. The molecule has 1 aliphatic heterocycles. The Morgan fingerprint density at radius 3 is 1.95 bits per heavy atom. The van der Waals surface area contributed by atoms with Gasteiger partial charge in [0.25, 0.3) is 0 Å². The minimum Gasteiger partial charge on any atom is -0.461 e. The highest BCUT2D eigenvalue weighted by atomic mass is 16.6. The Morgan fingerprint density at radius 1 is 0.750 bits per heavy atom. The fraction of sp³-hybridized carbons (Fsp3) is 0.613. The van der Waals surface area contributed by atoms with E-state index < -0.39 is 30.6 Å². The molecule has 5 atom stereocenters. The molecule has 1 amide bonds. The van der Waals surface area contributed by atoms with Gasteiger partial charge in [-0.3, -0.25) is 9.59 Å². The van der Waals surface area contributed by atoms with Crippen LogP contribution in [0.5, 0.6) is 0 Å². The van der Waals surface area contributed by atoms with Crippen molar-refractivity contribution in [1.82, 2.24) is 5.32 Å². The van der Waals surface area contributed by atoms with Gasteiger partial charge in [-0.25, -0.2) is 0 Å². The highest BCUT2D eigenvalue weighted by Crippen LogP contribution is 2.28. The molecule has 1 aliphatic rings. The topological polar surface area (TPSA) is 197 Å². The Hall–Kier alpha value is -4.08. The fourth-order valence-electron chi connectivity index (χ4n) is 4.37. The number of unbranched alkanes of at least 4 members (excludes halogenated alkanes) is 1. The first kappa shape index (κ1) is 36.1. The van der Waals surface area contributed by atoms with Gasteiger partial charge in [0.15, 0.2) is 6.23 Å². The standard InChI is InChI=1S/C31H39N5O8/c32-14-6-18-39-23-25-28(40-19-7-15-33)29(41-20-8-16-34)30(42-21-9-17-35)31(44-25)36-26(37)12-4-5-13-27(38)43-22-24-10-2-1-3-11-24/h1-3,10-11,25,28-31H,4-9,12-13,18-23H2,(H,36,37)/t25-,28-,29+,30-,31-/m1/s1. The van der Waals surface area contributed by atoms with E-state index in [4.69, 9.17) is 49.5 Å². The first-order valence-corrected chi connectivity index (χ1v) is 14.6. The van der Waals surface area contributed by atoms with Gasteiger partial charge in [-0.05, 0) is 18.4 Å². The summed E-state index contributed by atoms with van der Waals surface area (Å²) < 4.78 is 35.1. The summed E-state index contributed by atoms with van der Waals surface area (Å²) in [6.45, 7) is 0.460. The number of nitrogens with zero attached hydrogens (tertiary/aromatic N) is 4. The number of amides is 1. The Bertz CT molecular complexity index is 1160. The number of rotatable bonds is 21. The Labute approximate surface area is 258 Å². The lowest BCUT2D eigenvalue weighted by Gasteiger charge is -2.46. The molecule has 44 heavy (non-hydrogen) atoms. The second kappa shape index (κ2) is 22.5. The average molecular weight is 610 g/mol. The molecule has 0 saturated carbocycles. The zero-order valence-corrected chi connectivity index (χ0v) is 24.7. The monoisotopic (exact) mass is 609 g/mol. The van der Waals surface area contributed by atoms with Crippen LogP contribution in [0.2, 0.25) is 0 Å². The lowest BCUT2D eigenvalue weighted by Crippen LogP contribution is -2.65. The number of ether oxygens (including phenoxy) is 6. The van der Waals surface area contributed by atoms with E-state index in [0.717, 1.165) is 5.56 Å². The molecule has 1 aromatic carbocycles. The molecular formula is C31H39N5O8. The fourth-order valence-corrected chi connectivity index (χ4v) is 4.37. The van der Waals surface area contributed by atoms with E-state index in [0.29, 0.717) is 12.8 Å². The van der Waals surface area contributed by atoms with Crippen molar-refractivity contribution in [1.29, 1.82) is 21.0 Å². The molecule has 0 radical (unpaired) electrons. The number of carbonyl (C=O) groups excluding carboxylic acids is 2. The van der Waals surface area contributed by atoms with Crippen LogP contribution in [-0.2, 0) is 44.6 Å². The average Bonchev–Trinajstić information content (AvgIpc) is 3.03. The molecule has 0 bridgehead atoms. The van der Waals surface area contributed by atoms with Crippen LogP contribution in [0.15, 0.2) is 30.3 Å². The largest absolute Gasteiger partial charge is 0.461 e. The lowest BCUT2D eigenvalue weighted by molar-refractivity contribution is -0.269. The summed E-state index contributed by atoms with van der Waals surface area (Å²) >= 11 is 0. The molecule has 0 aliphatic carbocycles. The maximum absolute atomic E-state index is 13.0. The number of hydrogen-bond acceptors (Lipinski definition) is 12. The van der Waals surface area contributed by atoms with Gasteiger partial charge in [-0.2, -0.15) is 21.0 Å². The van der Waals surface area contributed by atoms with Gasteiger partial charge in [0.05, 0.1) is 83.0 Å². The maximum Gasteiger partial charge on any atom is 0.306 e. The quantitative estimate of drug-likeness (QED) is 0.158. The van der Waals surface area contributed by atoms with Gasteiger partial charge in [0.2, 0.25) is 5.91 Å². The number of carbonyl (C=O) groups is 2. The van der Waals surface area contributed by atoms with Gasteiger partial charge in [-0.1, -0.05) is 30.3 Å². The smallest absolute Gasteiger partial charge is 0.306 e. The predicted molar refractivity (Wildman–Crippen MR) is 152 cm³/mol. The van der Waals surface area contributed by atoms with Crippen LogP contribution < -0.4 is 5.32 Å². The summed E-state index contributed by atoms with van der Waals surface area (Å²) in [7, 11) is 0. The van der Waals surface area contributed by atoms with Gasteiger partial charge in [0.1, 0.15) is 31.0 Å². The first-order chi connectivity index (χ1) is 21.5. The van der Waals surface area contributed by atoms with E-state index in [1.165, 1.54) is 0 Å². The van der Waals surface area contributed by atoms with Crippen LogP contribution in [0.3, 0.4) is 0 Å². The van der Waals surface area contributed by atoms with Gasteiger partial charge < -0.3 is 33.7 Å². The van der Waals surface area contributed by atoms with Crippen molar-refractivity contribution in [2.75, 3.05) is 33.0 Å². The highest BCUT2D eigenvalue weighted by molar-refractivity contribution is 5.76. The normalized spacial score (nSPS) is 20.8. The van der Waals surface area contributed by atoms with Crippen LogP contribution in [-0.4, -0.2) is 75.6 Å². The minimum absolute atomic E-state index is 0.000606. The molecule has 0 spiro atoms. The van der Waals surface area contributed by atoms with Gasteiger partial charge in [-0.15, -0.1) is 0 Å². The van der Waals surface area contributed by atoms with Crippen molar-refractivity contribution in [2.24, 2.45) is 0 Å². The van der Waals surface area contributed by atoms with E-state index in [1.54, 1.807) is 0 Å². The molecule has 2 rings (SSSR count). The molecule has 13 heteroatoms. The first-order valence-electron chi connectivity index (χ1n) is 14.6. The van der Waals surface area contributed by atoms with E-state index in [-0.39, 0.29) is 90.0 Å². The summed E-state index contributed by atoms with van der Waals surface area (Å²) in [5.74, 6) is -0.708. The lowest BCUT2D eigenvalue weighted by atomic mass is 9.97. The Morgan fingerprint density at radius 2 is 1.32 bits per heavy atom. The van der Waals surface area contributed by atoms with E-state index in [9.17, 15) is 9.59 Å². The van der Waals surface area contributed by atoms with Crippen LogP contribution >= 0.6 is 0 Å². The second-order valence-electron chi connectivity index (χ2n) is 9.73. The van der Waals surface area contributed by atoms with Crippen molar-refractivity contribution in [3.8, 4) is 24.3 Å².